The first-order chi connectivity index (χ1) is 12.5. The van der Waals surface area contributed by atoms with Crippen LogP contribution in [0.4, 0.5) is 0 Å². The lowest BCUT2D eigenvalue weighted by Gasteiger charge is -2.11. The molecule has 1 aromatic carbocycles. The van der Waals surface area contributed by atoms with Gasteiger partial charge in [0.2, 0.25) is 0 Å². The molecule has 1 aliphatic rings. The van der Waals surface area contributed by atoms with Gasteiger partial charge >= 0.3 is 5.63 Å². The summed E-state index contributed by atoms with van der Waals surface area (Å²) in [5.41, 5.74) is 4.59. The van der Waals surface area contributed by atoms with E-state index in [0.717, 1.165) is 41.6 Å². The molecule has 0 bridgehead atoms. The van der Waals surface area contributed by atoms with Gasteiger partial charge < -0.3 is 9.15 Å². The first-order valence-corrected chi connectivity index (χ1v) is 9.67. The third kappa shape index (κ3) is 2.84. The van der Waals surface area contributed by atoms with Crippen molar-refractivity contribution < 1.29 is 13.7 Å². The predicted molar refractivity (Wildman–Crippen MR) is 104 cm³/mol. The van der Waals surface area contributed by atoms with Gasteiger partial charge in [0, 0.05) is 29.5 Å². The molecule has 134 valence electrons. The Morgan fingerprint density at radius 1 is 1.23 bits per heavy atom. The Morgan fingerprint density at radius 2 is 1.96 bits per heavy atom. The van der Waals surface area contributed by atoms with E-state index in [9.17, 15) is 4.79 Å². The van der Waals surface area contributed by atoms with Gasteiger partial charge in [-0.3, -0.25) is 0 Å². The maximum absolute atomic E-state index is 12.0. The van der Waals surface area contributed by atoms with E-state index in [1.54, 1.807) is 0 Å². The second-order valence-electron chi connectivity index (χ2n) is 6.90. The van der Waals surface area contributed by atoms with Crippen molar-refractivity contribution in [1.82, 2.24) is 0 Å². The fraction of sp³-hybridized carbons (Fsp3) is 0.333. The molecule has 1 atom stereocenters. The van der Waals surface area contributed by atoms with Crippen molar-refractivity contribution in [3.8, 4) is 5.75 Å². The zero-order valence-corrected chi connectivity index (χ0v) is 16.7. The molecular formula is C21H21BrNO3+. The van der Waals surface area contributed by atoms with Crippen LogP contribution >= 0.6 is 15.9 Å². The fourth-order valence-corrected chi connectivity index (χ4v) is 3.92. The van der Waals surface area contributed by atoms with Crippen LogP contribution in [0.5, 0.6) is 5.75 Å². The highest BCUT2D eigenvalue weighted by atomic mass is 79.9. The average Bonchev–Trinajstić information content (AvgIpc) is 3.05. The normalized spacial score (nSPS) is 15.9. The highest BCUT2D eigenvalue weighted by Gasteiger charge is 2.30. The molecular weight excluding hydrogens is 394 g/mol. The van der Waals surface area contributed by atoms with E-state index in [0.29, 0.717) is 10.1 Å². The van der Waals surface area contributed by atoms with E-state index < -0.39 is 0 Å². The summed E-state index contributed by atoms with van der Waals surface area (Å²) in [5, 5.41) is 0.969. The van der Waals surface area contributed by atoms with Crippen molar-refractivity contribution in [3.05, 3.63) is 67.7 Å². The van der Waals surface area contributed by atoms with Crippen molar-refractivity contribution in [1.29, 1.82) is 0 Å². The van der Waals surface area contributed by atoms with Crippen LogP contribution in [-0.2, 0) is 19.4 Å². The number of aromatic nitrogens is 1. The second kappa shape index (κ2) is 6.54. The third-order valence-electron chi connectivity index (χ3n) is 5.16. The van der Waals surface area contributed by atoms with E-state index in [1.807, 2.05) is 13.8 Å². The lowest BCUT2D eigenvalue weighted by molar-refractivity contribution is -0.702. The first kappa shape index (κ1) is 17.3. The van der Waals surface area contributed by atoms with Crippen molar-refractivity contribution in [3.63, 3.8) is 0 Å². The Balaban J connectivity index is 1.68. The molecule has 2 aromatic heterocycles. The minimum Gasteiger partial charge on any atom is -0.483 e. The predicted octanol–water partition coefficient (Wildman–Crippen LogP) is 4.03. The van der Waals surface area contributed by atoms with Gasteiger partial charge in [-0.2, -0.15) is 0 Å². The van der Waals surface area contributed by atoms with Gasteiger partial charge in [-0.05, 0) is 59.0 Å². The molecule has 1 aliphatic heterocycles. The topological polar surface area (TPSA) is 43.3 Å². The summed E-state index contributed by atoms with van der Waals surface area (Å²) in [6.07, 6.45) is 6.18. The van der Waals surface area contributed by atoms with Gasteiger partial charge in [-0.25, -0.2) is 9.36 Å². The standard InChI is InChI=1S/C21H21BrNO3/c1-4-14-5-7-23(8-6-14)11-16-9-15-10-17-12(2)18(22)21(24)26-20(17)13(3)19(15)25-16/h5-8,10,16H,4,9,11H2,1-3H3/q+1. The van der Waals surface area contributed by atoms with Crippen molar-refractivity contribution >= 4 is 26.9 Å². The summed E-state index contributed by atoms with van der Waals surface area (Å²) in [6.45, 7) is 6.85. The Kier molecular flexibility index (Phi) is 4.35. The number of pyridine rings is 1. The number of hydrogen-bond donors (Lipinski definition) is 0. The molecule has 0 N–H and O–H groups in total. The van der Waals surface area contributed by atoms with Gasteiger partial charge in [0.15, 0.2) is 25.0 Å². The molecule has 4 nitrogen and oxygen atoms in total. The van der Waals surface area contributed by atoms with Crippen LogP contribution in [0, 0.1) is 13.8 Å². The van der Waals surface area contributed by atoms with Crippen LogP contribution in [0.1, 0.15) is 29.2 Å². The molecule has 0 aliphatic carbocycles. The van der Waals surface area contributed by atoms with Crippen LogP contribution in [0.15, 0.2) is 44.3 Å². The average molecular weight is 415 g/mol. The second-order valence-corrected chi connectivity index (χ2v) is 7.69. The Morgan fingerprint density at radius 3 is 2.65 bits per heavy atom. The Bertz CT molecular complexity index is 1050. The quantitative estimate of drug-likeness (QED) is 0.479. The van der Waals surface area contributed by atoms with Gasteiger partial charge in [-0.1, -0.05) is 6.92 Å². The van der Waals surface area contributed by atoms with Crippen LogP contribution < -0.4 is 14.9 Å². The van der Waals surface area contributed by atoms with Crippen LogP contribution in [0.25, 0.3) is 11.0 Å². The summed E-state index contributed by atoms with van der Waals surface area (Å²) < 4.78 is 14.4. The number of aryl methyl sites for hydroxylation is 3. The van der Waals surface area contributed by atoms with Crippen LogP contribution in [0.2, 0.25) is 0 Å². The molecule has 4 rings (SSSR count). The van der Waals surface area contributed by atoms with Gasteiger partial charge in [0.05, 0.1) is 0 Å². The largest absolute Gasteiger partial charge is 0.483 e. The Labute approximate surface area is 160 Å². The summed E-state index contributed by atoms with van der Waals surface area (Å²) in [7, 11) is 0. The van der Waals surface area contributed by atoms with Crippen LogP contribution in [-0.4, -0.2) is 6.10 Å². The summed E-state index contributed by atoms with van der Waals surface area (Å²) >= 11 is 3.33. The molecule has 0 amide bonds. The molecule has 0 radical (unpaired) electrons. The molecule has 0 saturated heterocycles. The lowest BCUT2D eigenvalue weighted by atomic mass is 10.0. The summed E-state index contributed by atoms with van der Waals surface area (Å²) in [5.74, 6) is 0.859. The minimum absolute atomic E-state index is 0.0773. The number of benzene rings is 1. The molecule has 26 heavy (non-hydrogen) atoms. The SMILES string of the molecule is CCc1cc[n+](CC2Cc3cc4c(C)c(Br)c(=O)oc4c(C)c3O2)cc1. The van der Waals surface area contributed by atoms with E-state index in [-0.39, 0.29) is 11.7 Å². The molecule has 5 heteroatoms. The molecule has 0 fully saturated rings. The number of rotatable bonds is 3. The minimum atomic E-state index is -0.348. The summed E-state index contributed by atoms with van der Waals surface area (Å²) in [6, 6.07) is 6.40. The van der Waals surface area contributed by atoms with Gasteiger partial charge in [0.25, 0.3) is 0 Å². The van der Waals surface area contributed by atoms with E-state index >= 15 is 0 Å². The Hall–Kier alpha value is -2.14. The molecule has 0 spiro atoms. The summed E-state index contributed by atoms with van der Waals surface area (Å²) in [4.78, 5) is 12.0. The third-order valence-corrected chi connectivity index (χ3v) is 6.08. The lowest BCUT2D eigenvalue weighted by Crippen LogP contribution is -2.41. The van der Waals surface area contributed by atoms with Crippen LogP contribution in [0.3, 0.4) is 0 Å². The number of hydrogen-bond acceptors (Lipinski definition) is 3. The van der Waals surface area contributed by atoms with E-state index in [4.69, 9.17) is 9.15 Å². The fourth-order valence-electron chi connectivity index (χ4n) is 3.62. The molecule has 3 heterocycles. The van der Waals surface area contributed by atoms with Crippen molar-refractivity contribution in [2.75, 3.05) is 0 Å². The monoisotopic (exact) mass is 414 g/mol. The maximum Gasteiger partial charge on any atom is 0.350 e. The zero-order valence-electron chi connectivity index (χ0n) is 15.1. The van der Waals surface area contributed by atoms with Gasteiger partial charge in [-0.15, -0.1) is 0 Å². The van der Waals surface area contributed by atoms with E-state index in [1.165, 1.54) is 11.1 Å². The number of ether oxygens (including phenoxy) is 1. The number of halogens is 1. The van der Waals surface area contributed by atoms with E-state index in [2.05, 4.69) is 58.0 Å². The zero-order chi connectivity index (χ0) is 18.4. The smallest absolute Gasteiger partial charge is 0.350 e. The number of fused-ring (bicyclic) bond motifs is 2. The maximum atomic E-state index is 12.0. The number of nitrogens with zero attached hydrogens (tertiary/aromatic N) is 1. The molecule has 0 saturated carbocycles. The highest BCUT2D eigenvalue weighted by molar-refractivity contribution is 9.10. The highest BCUT2D eigenvalue weighted by Crippen LogP contribution is 2.39. The van der Waals surface area contributed by atoms with Gasteiger partial charge in [0.1, 0.15) is 15.8 Å². The molecule has 3 aromatic rings. The molecule has 1 unspecified atom stereocenters. The van der Waals surface area contributed by atoms with Crippen molar-refractivity contribution in [2.24, 2.45) is 0 Å². The first-order valence-electron chi connectivity index (χ1n) is 8.88. The van der Waals surface area contributed by atoms with Crippen molar-refractivity contribution in [2.45, 2.75) is 46.3 Å².